The molecule has 3 rings (SSSR count). The number of rotatable bonds is 2. The molecular formula is C12H17N5O. The van der Waals surface area contributed by atoms with Crippen LogP contribution in [0, 0.1) is 0 Å². The molecule has 2 atom stereocenters. The molecule has 0 radical (unpaired) electrons. The maximum absolute atomic E-state index is 5.98. The van der Waals surface area contributed by atoms with E-state index in [9.17, 15) is 0 Å². The third-order valence-corrected chi connectivity index (χ3v) is 3.55. The highest BCUT2D eigenvalue weighted by molar-refractivity contribution is 5.47. The summed E-state index contributed by atoms with van der Waals surface area (Å²) in [6.07, 6.45) is 7.71. The molecule has 1 saturated carbocycles. The van der Waals surface area contributed by atoms with Gasteiger partial charge in [0.15, 0.2) is 0 Å². The fraction of sp³-hybridized carbons (Fsp3) is 0.583. The van der Waals surface area contributed by atoms with E-state index < -0.39 is 0 Å². The highest BCUT2D eigenvalue weighted by Crippen LogP contribution is 2.31. The van der Waals surface area contributed by atoms with Gasteiger partial charge in [0.2, 0.25) is 11.7 Å². The zero-order chi connectivity index (χ0) is 12.5. The number of hydrogen-bond donors (Lipinski definition) is 1. The van der Waals surface area contributed by atoms with Crippen LogP contribution in [-0.4, -0.2) is 25.7 Å². The summed E-state index contributed by atoms with van der Waals surface area (Å²) >= 11 is 0. The van der Waals surface area contributed by atoms with Crippen molar-refractivity contribution in [1.29, 1.82) is 0 Å². The van der Waals surface area contributed by atoms with E-state index in [2.05, 4.69) is 15.1 Å². The average Bonchev–Trinajstić information content (AvgIpc) is 2.97. The molecule has 1 fully saturated rings. The molecule has 6 heteroatoms. The predicted molar refractivity (Wildman–Crippen MR) is 65.7 cm³/mol. The first-order valence-electron chi connectivity index (χ1n) is 6.30. The first kappa shape index (κ1) is 11.4. The summed E-state index contributed by atoms with van der Waals surface area (Å²) in [6.45, 7) is 0. The molecule has 2 aromatic rings. The van der Waals surface area contributed by atoms with Crippen LogP contribution >= 0.6 is 0 Å². The lowest BCUT2D eigenvalue weighted by atomic mass is 9.86. The predicted octanol–water partition coefficient (Wildman–Crippen LogP) is 1.45. The van der Waals surface area contributed by atoms with Crippen molar-refractivity contribution in [2.75, 3.05) is 0 Å². The second-order valence-corrected chi connectivity index (χ2v) is 4.97. The Morgan fingerprint density at radius 1 is 1.44 bits per heavy atom. The highest BCUT2D eigenvalue weighted by atomic mass is 16.5. The van der Waals surface area contributed by atoms with E-state index in [1.807, 2.05) is 11.6 Å². The van der Waals surface area contributed by atoms with Crippen molar-refractivity contribution in [2.24, 2.45) is 12.8 Å². The van der Waals surface area contributed by atoms with E-state index in [0.29, 0.717) is 17.6 Å². The smallest absolute Gasteiger partial charge is 0.230 e. The number of aromatic nitrogens is 4. The molecule has 1 aliphatic rings. The van der Waals surface area contributed by atoms with Crippen molar-refractivity contribution in [1.82, 2.24) is 19.7 Å². The summed E-state index contributed by atoms with van der Waals surface area (Å²) in [6, 6.07) is 0.260. The van der Waals surface area contributed by atoms with E-state index in [1.165, 1.54) is 0 Å². The normalized spacial score (nSPS) is 24.3. The Morgan fingerprint density at radius 3 is 3.06 bits per heavy atom. The Labute approximate surface area is 105 Å². The Morgan fingerprint density at radius 2 is 2.33 bits per heavy atom. The molecule has 18 heavy (non-hydrogen) atoms. The van der Waals surface area contributed by atoms with Gasteiger partial charge in [-0.15, -0.1) is 0 Å². The number of nitrogens with zero attached hydrogens (tertiary/aromatic N) is 4. The Kier molecular flexibility index (Phi) is 2.87. The molecule has 96 valence electrons. The van der Waals surface area contributed by atoms with Crippen molar-refractivity contribution in [3.8, 4) is 11.5 Å². The largest absolute Gasteiger partial charge is 0.339 e. The molecule has 0 spiro atoms. The summed E-state index contributed by atoms with van der Waals surface area (Å²) in [5.41, 5.74) is 6.85. The van der Waals surface area contributed by atoms with Gasteiger partial charge in [0.1, 0.15) is 5.69 Å². The van der Waals surface area contributed by atoms with E-state index in [0.717, 1.165) is 31.4 Å². The monoisotopic (exact) mass is 247 g/mol. The van der Waals surface area contributed by atoms with Gasteiger partial charge in [-0.2, -0.15) is 4.98 Å². The van der Waals surface area contributed by atoms with E-state index >= 15 is 0 Å². The molecule has 2 heterocycles. The zero-order valence-corrected chi connectivity index (χ0v) is 10.4. The van der Waals surface area contributed by atoms with Gasteiger partial charge in [-0.3, -0.25) is 0 Å². The van der Waals surface area contributed by atoms with E-state index in [1.54, 1.807) is 12.5 Å². The van der Waals surface area contributed by atoms with Crippen LogP contribution in [0.3, 0.4) is 0 Å². The molecule has 0 aromatic carbocycles. The fourth-order valence-electron chi connectivity index (χ4n) is 2.53. The van der Waals surface area contributed by atoms with Crippen LogP contribution in [0.15, 0.2) is 17.0 Å². The summed E-state index contributed by atoms with van der Waals surface area (Å²) < 4.78 is 7.25. The second-order valence-electron chi connectivity index (χ2n) is 4.97. The number of aryl methyl sites for hydroxylation is 1. The van der Waals surface area contributed by atoms with Crippen molar-refractivity contribution >= 4 is 0 Å². The summed E-state index contributed by atoms with van der Waals surface area (Å²) in [5.74, 6) is 1.62. The Hall–Kier alpha value is -1.69. The molecule has 6 nitrogen and oxygen atoms in total. The average molecular weight is 247 g/mol. The minimum absolute atomic E-state index is 0.260. The summed E-state index contributed by atoms with van der Waals surface area (Å²) in [5, 5.41) is 4.03. The maximum atomic E-state index is 5.98. The third kappa shape index (κ3) is 2.03. The van der Waals surface area contributed by atoms with Crippen LogP contribution in [0.4, 0.5) is 0 Å². The SMILES string of the molecule is Cn1cncc1-c1noc(C2CCCC(N)C2)n1. The summed E-state index contributed by atoms with van der Waals surface area (Å²) in [4.78, 5) is 8.53. The van der Waals surface area contributed by atoms with Crippen LogP contribution in [0.25, 0.3) is 11.5 Å². The molecular weight excluding hydrogens is 230 g/mol. The Bertz CT molecular complexity index is 532. The van der Waals surface area contributed by atoms with Gasteiger partial charge in [-0.25, -0.2) is 4.98 Å². The van der Waals surface area contributed by atoms with Crippen LogP contribution < -0.4 is 5.73 Å². The molecule has 2 unspecified atom stereocenters. The van der Waals surface area contributed by atoms with Crippen molar-refractivity contribution in [3.63, 3.8) is 0 Å². The summed E-state index contributed by atoms with van der Waals surface area (Å²) in [7, 11) is 1.91. The van der Waals surface area contributed by atoms with Gasteiger partial charge >= 0.3 is 0 Å². The van der Waals surface area contributed by atoms with Crippen LogP contribution in [0.2, 0.25) is 0 Å². The molecule has 0 bridgehead atoms. The second kappa shape index (κ2) is 4.53. The zero-order valence-electron chi connectivity index (χ0n) is 10.4. The number of imidazole rings is 1. The molecule has 1 aliphatic carbocycles. The first-order valence-corrected chi connectivity index (χ1v) is 6.30. The quantitative estimate of drug-likeness (QED) is 0.868. The lowest BCUT2D eigenvalue weighted by Crippen LogP contribution is -2.26. The van der Waals surface area contributed by atoms with Gasteiger partial charge in [-0.05, 0) is 19.3 Å². The lowest BCUT2D eigenvalue weighted by molar-refractivity contribution is 0.299. The minimum atomic E-state index is 0.260. The molecule has 0 saturated heterocycles. The molecule has 0 amide bonds. The highest BCUT2D eigenvalue weighted by Gasteiger charge is 2.26. The van der Waals surface area contributed by atoms with Crippen molar-refractivity contribution < 1.29 is 4.52 Å². The molecule has 0 aliphatic heterocycles. The lowest BCUT2D eigenvalue weighted by Gasteiger charge is -2.23. The van der Waals surface area contributed by atoms with Crippen LogP contribution in [0.5, 0.6) is 0 Å². The van der Waals surface area contributed by atoms with Gasteiger partial charge in [-0.1, -0.05) is 11.6 Å². The van der Waals surface area contributed by atoms with Gasteiger partial charge in [0.05, 0.1) is 12.5 Å². The number of hydrogen-bond acceptors (Lipinski definition) is 5. The number of nitrogens with two attached hydrogens (primary N) is 1. The van der Waals surface area contributed by atoms with Crippen molar-refractivity contribution in [2.45, 2.75) is 37.6 Å². The molecule has 2 N–H and O–H groups in total. The molecule has 2 aromatic heterocycles. The van der Waals surface area contributed by atoms with E-state index in [-0.39, 0.29) is 6.04 Å². The van der Waals surface area contributed by atoms with Crippen molar-refractivity contribution in [3.05, 3.63) is 18.4 Å². The van der Waals surface area contributed by atoms with E-state index in [4.69, 9.17) is 10.3 Å². The first-order chi connectivity index (χ1) is 8.74. The maximum Gasteiger partial charge on any atom is 0.230 e. The van der Waals surface area contributed by atoms with Crippen LogP contribution in [0.1, 0.15) is 37.5 Å². The Balaban J connectivity index is 1.83. The fourth-order valence-corrected chi connectivity index (χ4v) is 2.53. The third-order valence-electron chi connectivity index (χ3n) is 3.55. The standard InChI is InChI=1S/C12H17N5O/c1-17-7-14-6-10(17)11-15-12(18-16-11)8-3-2-4-9(13)5-8/h6-9H,2-5,13H2,1H3. The van der Waals surface area contributed by atoms with Gasteiger partial charge in [0.25, 0.3) is 0 Å². The topological polar surface area (TPSA) is 82.8 Å². The van der Waals surface area contributed by atoms with Gasteiger partial charge in [0, 0.05) is 19.0 Å². The minimum Gasteiger partial charge on any atom is -0.339 e. The van der Waals surface area contributed by atoms with Gasteiger partial charge < -0.3 is 14.8 Å². The van der Waals surface area contributed by atoms with Crippen LogP contribution in [-0.2, 0) is 7.05 Å².